The van der Waals surface area contributed by atoms with Gasteiger partial charge in [0, 0.05) is 24.4 Å². The molecule has 2 nitrogen and oxygen atoms in total. The molecule has 3 rings (SSSR count). The Hall–Kier alpha value is -0.800. The standard InChI is InChI=1S/C14H17ClFNO/c15-12-6-10-2-5-18-13(10)11(7-12)8-14(16)3-1-4-17-9-14/h6-7,17H,1-5,8-9H2. The molecule has 1 aromatic carbocycles. The van der Waals surface area contributed by atoms with E-state index < -0.39 is 5.67 Å². The number of fused-ring (bicyclic) bond motifs is 1. The molecule has 2 aliphatic heterocycles. The monoisotopic (exact) mass is 269 g/mol. The second kappa shape index (κ2) is 4.71. The summed E-state index contributed by atoms with van der Waals surface area (Å²) in [4.78, 5) is 0. The van der Waals surface area contributed by atoms with Gasteiger partial charge in [-0.2, -0.15) is 0 Å². The van der Waals surface area contributed by atoms with Crippen LogP contribution in [0.2, 0.25) is 5.02 Å². The minimum absolute atomic E-state index is 0.392. The van der Waals surface area contributed by atoms with Crippen LogP contribution in [0.4, 0.5) is 4.39 Å². The lowest BCUT2D eigenvalue weighted by atomic mass is 9.88. The van der Waals surface area contributed by atoms with Crippen molar-refractivity contribution in [2.75, 3.05) is 19.7 Å². The zero-order chi connectivity index (χ0) is 12.6. The average molecular weight is 270 g/mol. The fraction of sp³-hybridized carbons (Fsp3) is 0.571. The molecule has 1 unspecified atom stereocenters. The van der Waals surface area contributed by atoms with Crippen molar-refractivity contribution in [1.82, 2.24) is 5.32 Å². The molecule has 2 heterocycles. The molecule has 1 N–H and O–H groups in total. The first kappa shape index (κ1) is 12.2. The number of piperidine rings is 1. The second-order valence-electron chi connectivity index (χ2n) is 5.26. The molecule has 0 saturated carbocycles. The molecule has 0 spiro atoms. The second-order valence-corrected chi connectivity index (χ2v) is 5.70. The van der Waals surface area contributed by atoms with Crippen LogP contribution in [0.15, 0.2) is 12.1 Å². The topological polar surface area (TPSA) is 21.3 Å². The Kier molecular flexibility index (Phi) is 3.20. The summed E-state index contributed by atoms with van der Waals surface area (Å²) in [7, 11) is 0. The summed E-state index contributed by atoms with van der Waals surface area (Å²) in [6.45, 7) is 2.02. The smallest absolute Gasteiger partial charge is 0.127 e. The van der Waals surface area contributed by atoms with E-state index in [1.165, 1.54) is 0 Å². The van der Waals surface area contributed by atoms with Crippen molar-refractivity contribution in [3.05, 3.63) is 28.3 Å². The van der Waals surface area contributed by atoms with Gasteiger partial charge in [0.2, 0.25) is 0 Å². The van der Waals surface area contributed by atoms with Crippen molar-refractivity contribution < 1.29 is 9.13 Å². The van der Waals surface area contributed by atoms with E-state index in [9.17, 15) is 4.39 Å². The van der Waals surface area contributed by atoms with E-state index in [1.807, 2.05) is 12.1 Å². The molecule has 1 aromatic rings. The van der Waals surface area contributed by atoms with Crippen molar-refractivity contribution >= 4 is 11.6 Å². The molecule has 1 atom stereocenters. The van der Waals surface area contributed by atoms with Crippen LogP contribution in [0.25, 0.3) is 0 Å². The predicted molar refractivity (Wildman–Crippen MR) is 70.3 cm³/mol. The van der Waals surface area contributed by atoms with Crippen molar-refractivity contribution in [1.29, 1.82) is 0 Å². The van der Waals surface area contributed by atoms with Gasteiger partial charge < -0.3 is 10.1 Å². The largest absolute Gasteiger partial charge is 0.493 e. The molecule has 18 heavy (non-hydrogen) atoms. The third-order valence-electron chi connectivity index (χ3n) is 3.75. The predicted octanol–water partition coefficient (Wildman–Crippen LogP) is 2.91. The van der Waals surface area contributed by atoms with E-state index in [-0.39, 0.29) is 0 Å². The van der Waals surface area contributed by atoms with Gasteiger partial charge in [0.15, 0.2) is 0 Å². The first-order valence-corrected chi connectivity index (χ1v) is 6.88. The highest BCUT2D eigenvalue weighted by Crippen LogP contribution is 2.37. The molecular weight excluding hydrogens is 253 g/mol. The van der Waals surface area contributed by atoms with Gasteiger partial charge in [-0.25, -0.2) is 4.39 Å². The Morgan fingerprint density at radius 2 is 2.33 bits per heavy atom. The Bertz CT molecular complexity index is 457. The number of hydrogen-bond donors (Lipinski definition) is 1. The summed E-state index contributed by atoms with van der Waals surface area (Å²) in [5.41, 5.74) is 0.869. The van der Waals surface area contributed by atoms with Gasteiger partial charge in [-0.15, -0.1) is 0 Å². The number of hydrogen-bond acceptors (Lipinski definition) is 2. The van der Waals surface area contributed by atoms with E-state index >= 15 is 0 Å². The van der Waals surface area contributed by atoms with Gasteiger partial charge in [0.1, 0.15) is 11.4 Å². The first-order valence-electron chi connectivity index (χ1n) is 6.50. The highest BCUT2D eigenvalue weighted by Gasteiger charge is 2.33. The van der Waals surface area contributed by atoms with Crippen LogP contribution in [0.5, 0.6) is 5.75 Å². The summed E-state index contributed by atoms with van der Waals surface area (Å²) >= 11 is 6.10. The number of benzene rings is 1. The van der Waals surface area contributed by atoms with Gasteiger partial charge in [0.25, 0.3) is 0 Å². The van der Waals surface area contributed by atoms with Gasteiger partial charge in [0.05, 0.1) is 6.61 Å². The lowest BCUT2D eigenvalue weighted by molar-refractivity contribution is 0.121. The van der Waals surface area contributed by atoms with Crippen molar-refractivity contribution in [3.63, 3.8) is 0 Å². The van der Waals surface area contributed by atoms with Crippen LogP contribution in [0.3, 0.4) is 0 Å². The minimum atomic E-state index is -1.16. The molecule has 2 aliphatic rings. The van der Waals surface area contributed by atoms with Crippen LogP contribution in [0, 0.1) is 0 Å². The highest BCUT2D eigenvalue weighted by molar-refractivity contribution is 6.30. The number of ether oxygens (including phenoxy) is 1. The SMILES string of the molecule is FC1(Cc2cc(Cl)cc3c2OCC3)CCCNC1. The molecule has 0 radical (unpaired) electrons. The molecular formula is C14H17ClFNO. The molecule has 0 amide bonds. The fourth-order valence-electron chi connectivity index (χ4n) is 2.90. The molecule has 4 heteroatoms. The zero-order valence-electron chi connectivity index (χ0n) is 10.3. The van der Waals surface area contributed by atoms with E-state index in [1.54, 1.807) is 0 Å². The van der Waals surface area contributed by atoms with Crippen LogP contribution in [-0.4, -0.2) is 25.4 Å². The quantitative estimate of drug-likeness (QED) is 0.891. The lowest BCUT2D eigenvalue weighted by Crippen LogP contribution is -2.43. The van der Waals surface area contributed by atoms with Crippen molar-refractivity contribution in [3.8, 4) is 5.75 Å². The van der Waals surface area contributed by atoms with Crippen LogP contribution in [-0.2, 0) is 12.8 Å². The third-order valence-corrected chi connectivity index (χ3v) is 3.97. The molecule has 1 saturated heterocycles. The maximum atomic E-state index is 14.7. The average Bonchev–Trinajstić information content (AvgIpc) is 2.77. The Balaban J connectivity index is 1.88. The Labute approximate surface area is 111 Å². The molecule has 0 bridgehead atoms. The Morgan fingerprint density at radius 1 is 1.44 bits per heavy atom. The van der Waals surface area contributed by atoms with Crippen LogP contribution < -0.4 is 10.1 Å². The van der Waals surface area contributed by atoms with Gasteiger partial charge in [-0.05, 0) is 42.6 Å². The third kappa shape index (κ3) is 2.34. The van der Waals surface area contributed by atoms with E-state index in [4.69, 9.17) is 16.3 Å². The Morgan fingerprint density at radius 3 is 3.11 bits per heavy atom. The summed E-state index contributed by atoms with van der Waals surface area (Å²) in [5, 5.41) is 3.81. The summed E-state index contributed by atoms with van der Waals surface area (Å²) in [6.07, 6.45) is 2.77. The lowest BCUT2D eigenvalue weighted by Gasteiger charge is -2.30. The van der Waals surface area contributed by atoms with Crippen molar-refractivity contribution in [2.24, 2.45) is 0 Å². The van der Waals surface area contributed by atoms with Gasteiger partial charge >= 0.3 is 0 Å². The van der Waals surface area contributed by atoms with Crippen molar-refractivity contribution in [2.45, 2.75) is 31.4 Å². The fourth-order valence-corrected chi connectivity index (χ4v) is 3.16. The van der Waals surface area contributed by atoms with Crippen LogP contribution >= 0.6 is 11.6 Å². The summed E-state index contributed by atoms with van der Waals surface area (Å²) in [6, 6.07) is 3.78. The first-order chi connectivity index (χ1) is 8.66. The zero-order valence-corrected chi connectivity index (χ0v) is 11.0. The molecule has 0 aromatic heterocycles. The minimum Gasteiger partial charge on any atom is -0.493 e. The normalized spacial score (nSPS) is 26.8. The summed E-state index contributed by atoms with van der Waals surface area (Å²) < 4.78 is 20.3. The van der Waals surface area contributed by atoms with Gasteiger partial charge in [-0.1, -0.05) is 11.6 Å². The molecule has 98 valence electrons. The summed E-state index contributed by atoms with van der Waals surface area (Å²) in [5.74, 6) is 0.863. The van der Waals surface area contributed by atoms with E-state index in [2.05, 4.69) is 5.32 Å². The maximum Gasteiger partial charge on any atom is 0.127 e. The van der Waals surface area contributed by atoms with Gasteiger partial charge in [-0.3, -0.25) is 0 Å². The molecule has 1 fully saturated rings. The van der Waals surface area contributed by atoms with E-state index in [0.29, 0.717) is 31.0 Å². The number of rotatable bonds is 2. The number of halogens is 2. The maximum absolute atomic E-state index is 14.7. The number of alkyl halides is 1. The molecule has 0 aliphatic carbocycles. The number of nitrogens with one attached hydrogen (secondary N) is 1. The van der Waals surface area contributed by atoms with E-state index in [0.717, 1.165) is 36.3 Å². The van der Waals surface area contributed by atoms with Crippen LogP contribution in [0.1, 0.15) is 24.0 Å². The highest BCUT2D eigenvalue weighted by atomic mass is 35.5.